The average Bonchev–Trinajstić information content (AvgIpc) is 1.03. The highest BCUT2D eigenvalue weighted by Gasteiger charge is 2.41. The zero-order chi connectivity index (χ0) is 92.3. The number of nitrogens with two attached hydrogens (primary N) is 2. The normalized spacial score (nSPS) is 14.3. The van der Waals surface area contributed by atoms with Gasteiger partial charge >= 0.3 is 18.1 Å². The number of nitrogens with zero attached hydrogens (tertiary/aromatic N) is 5. The van der Waals surface area contributed by atoms with Crippen LogP contribution >= 0.6 is 11.8 Å². The number of aliphatic hydroxyl groups excluding tert-OH is 1. The number of rotatable bonds is 48. The number of phenolic OH excluding ortho intramolecular Hbond substituents is 3. The molecule has 5 heterocycles. The number of primary amides is 1. The molecule has 8 rings (SSSR count). The lowest BCUT2D eigenvalue weighted by Gasteiger charge is -2.29. The standard InChI is InChI=1S/C77H99N23O18S.C2HF3O2/c1-40(2)21-63(77(117)118)99-75(115)62(29-49-34-84-39-89-49)98-73(113)59(26-46-31-81-36-86-46)95-67(107)54(17-18-64(79)105)90-69(109)56(22-42-5-11-50(102)12-6-42)94-72(112)60(27-47-32-82-37-87-47)97-74(114)61(28-48-33-83-38-88-48)96-71(111)58(24-44-9-15-52(104)16-10-44)93-70(110)57(23-43-7-13-51(103)14-8-43)92-68(108)55(19-20-119-4)91-76(116)65(41(3)101)100-66(106)53(78)25-45-30-80-35-85-45;3-2(4,5)1(6)7/h5-16,30-41,53-63,65,101-104H,17-29,78H2,1-4H3,(H2,79,105)(H,80,85)(H,81,86)(H,82,87)(H,83,88)(H,84,89)(H,90,109)(H,91,116)(H,92,108)(H,93,110)(H,94,112)(H,95,107)(H,96,111)(H,97,114)(H,98,113)(H,99,115)(H,100,106)(H,117,118);(H,6,7)/t41-,53+,54+,55+,56+,57+,58+,59+,60+,61+,62+,63+,65+;/m1./s1. The lowest BCUT2D eigenvalue weighted by Crippen LogP contribution is -2.62. The van der Waals surface area contributed by atoms with Crippen LogP contribution in [0.3, 0.4) is 0 Å². The van der Waals surface area contributed by atoms with Crippen molar-refractivity contribution in [2.24, 2.45) is 17.4 Å². The maximum absolute atomic E-state index is 15.3. The van der Waals surface area contributed by atoms with E-state index in [0.717, 1.165) is 0 Å². The van der Waals surface area contributed by atoms with E-state index in [0.29, 0.717) is 22.4 Å². The van der Waals surface area contributed by atoms with Gasteiger partial charge < -0.3 is 126 Å². The maximum Gasteiger partial charge on any atom is 0.490 e. The van der Waals surface area contributed by atoms with Crippen LogP contribution in [-0.2, 0) is 118 Å². The van der Waals surface area contributed by atoms with Crippen LogP contribution in [0.15, 0.2) is 135 Å². The molecule has 0 bridgehead atoms. The van der Waals surface area contributed by atoms with Gasteiger partial charge in [0.25, 0.3) is 0 Å². The van der Waals surface area contributed by atoms with Crippen LogP contribution in [0.5, 0.6) is 17.2 Å². The summed E-state index contributed by atoms with van der Waals surface area (Å²) in [5.74, 6) is -16.4. The second-order valence-electron chi connectivity index (χ2n) is 29.4. The highest BCUT2D eigenvalue weighted by Crippen LogP contribution is 2.20. The molecule has 0 fully saturated rings. The van der Waals surface area contributed by atoms with Crippen molar-refractivity contribution in [1.82, 2.24) is 108 Å². The molecule has 0 aliphatic carbocycles. The third-order valence-electron chi connectivity index (χ3n) is 18.9. The van der Waals surface area contributed by atoms with E-state index in [-0.39, 0.29) is 96.6 Å². The molecular formula is C79H100F3N23O20S. The van der Waals surface area contributed by atoms with Crippen LogP contribution in [-0.4, -0.2) is 260 Å². The molecular weight excluding hydrogens is 1680 g/mol. The predicted octanol–water partition coefficient (Wildman–Crippen LogP) is -2.52. The number of aromatic amines is 5. The molecule has 0 aliphatic rings. The Kier molecular flexibility index (Phi) is 38.1. The van der Waals surface area contributed by atoms with E-state index < -0.39 is 200 Å². The average molecular weight is 1780 g/mol. The van der Waals surface area contributed by atoms with Crippen molar-refractivity contribution in [3.05, 3.63) is 181 Å². The first-order valence-corrected chi connectivity index (χ1v) is 40.5. The van der Waals surface area contributed by atoms with Gasteiger partial charge in [0.1, 0.15) is 83.7 Å². The van der Waals surface area contributed by atoms with Crippen molar-refractivity contribution >= 4 is 94.6 Å². The predicted molar refractivity (Wildman–Crippen MR) is 440 cm³/mol. The third kappa shape index (κ3) is 33.2. The van der Waals surface area contributed by atoms with Crippen LogP contribution in [0, 0.1) is 5.92 Å². The maximum atomic E-state index is 15.3. The second kappa shape index (κ2) is 48.6. The molecule has 8 aromatic rings. The van der Waals surface area contributed by atoms with E-state index in [1.54, 1.807) is 20.1 Å². The number of carboxylic acids is 2. The van der Waals surface area contributed by atoms with Gasteiger partial charge in [0, 0.05) is 88.8 Å². The number of imidazole rings is 5. The molecule has 26 N–H and O–H groups in total. The summed E-state index contributed by atoms with van der Waals surface area (Å²) in [5, 5.41) is 87.5. The van der Waals surface area contributed by atoms with Gasteiger partial charge in [-0.3, -0.25) is 57.5 Å². The highest BCUT2D eigenvalue weighted by molar-refractivity contribution is 7.98. The fraction of sp³-hybridized carbons (Fsp3) is 0.405. The van der Waals surface area contributed by atoms with Crippen LogP contribution in [0.1, 0.15) is 91.6 Å². The Bertz CT molecular complexity index is 4880. The number of aromatic nitrogens is 10. The van der Waals surface area contributed by atoms with Gasteiger partial charge in [-0.2, -0.15) is 24.9 Å². The van der Waals surface area contributed by atoms with Crippen molar-refractivity contribution in [3.8, 4) is 17.2 Å². The number of aliphatic carboxylic acids is 2. The Morgan fingerprint density at radius 2 is 0.651 bits per heavy atom. The molecule has 12 amide bonds. The number of benzene rings is 3. The number of alkyl halides is 3. The fourth-order valence-corrected chi connectivity index (χ4v) is 12.8. The fourth-order valence-electron chi connectivity index (χ4n) is 12.4. The van der Waals surface area contributed by atoms with Crippen molar-refractivity contribution in [2.75, 3.05) is 12.0 Å². The smallest absolute Gasteiger partial charge is 0.490 e. The number of carboxylic acid groups (broad SMARTS) is 2. The van der Waals surface area contributed by atoms with Gasteiger partial charge in [-0.15, -0.1) is 0 Å². The summed E-state index contributed by atoms with van der Waals surface area (Å²) < 4.78 is 31.7. The van der Waals surface area contributed by atoms with E-state index in [1.165, 1.54) is 154 Å². The van der Waals surface area contributed by atoms with Gasteiger partial charge in [0.15, 0.2) is 0 Å². The Labute approximate surface area is 720 Å². The monoisotopic (exact) mass is 1780 g/mol. The van der Waals surface area contributed by atoms with E-state index in [1.807, 2.05) is 0 Å². The molecule has 0 unspecified atom stereocenters. The summed E-state index contributed by atoms with van der Waals surface area (Å²) in [7, 11) is 0. The number of thioether (sulfide) groups is 1. The summed E-state index contributed by atoms with van der Waals surface area (Å²) in [5.41, 5.74) is 14.1. The highest BCUT2D eigenvalue weighted by atomic mass is 32.2. The first-order chi connectivity index (χ1) is 59.8. The number of aliphatic hydroxyl groups is 1. The SMILES string of the molecule is CSCC[C@H](NC(=O)[C@@H](NC(=O)[C@@H](N)Cc1c[nH]cn1)[C@@H](C)O)C(=O)N[C@@H](Cc1ccc(O)cc1)C(=O)N[C@@H](Cc1ccc(O)cc1)C(=O)N[C@@H](Cc1c[nH]cn1)C(=O)N[C@@H](Cc1c[nH]cn1)C(=O)N[C@@H](Cc1ccc(O)cc1)C(=O)N[C@@H](CCC(N)=O)C(=O)N[C@@H](Cc1c[nH]cn1)C(=O)N[C@@H](Cc1c[nH]cn1)C(=O)N[C@@H](CC(C)C)C(=O)O.O=C(O)C(F)(F)F. The number of carbonyl (C=O) groups excluding carboxylic acids is 12. The molecule has 3 aromatic carbocycles. The quantitative estimate of drug-likeness (QED) is 0.0187. The first-order valence-electron chi connectivity index (χ1n) is 39.1. The Morgan fingerprint density at radius 1 is 0.389 bits per heavy atom. The number of aromatic hydroxyl groups is 3. The van der Waals surface area contributed by atoms with E-state index in [2.05, 4.69) is 108 Å². The van der Waals surface area contributed by atoms with Gasteiger partial charge in [0.2, 0.25) is 70.9 Å². The molecule has 0 saturated carbocycles. The summed E-state index contributed by atoms with van der Waals surface area (Å²) in [6.45, 7) is 4.74. The number of hydrogen-bond acceptors (Lipinski definition) is 25. The zero-order valence-electron chi connectivity index (χ0n) is 68.3. The summed E-state index contributed by atoms with van der Waals surface area (Å²) in [6, 6.07) is -2.38. The van der Waals surface area contributed by atoms with Gasteiger partial charge in [0.05, 0.1) is 72.3 Å². The largest absolute Gasteiger partial charge is 0.508 e. The van der Waals surface area contributed by atoms with E-state index in [9.17, 15) is 77.1 Å². The lowest BCUT2D eigenvalue weighted by molar-refractivity contribution is -0.192. The van der Waals surface area contributed by atoms with Gasteiger partial charge in [-0.1, -0.05) is 50.2 Å². The third-order valence-corrected chi connectivity index (χ3v) is 19.6. The number of nitrogens with one attached hydrogen (secondary N) is 16. The van der Waals surface area contributed by atoms with Crippen molar-refractivity contribution in [2.45, 2.75) is 183 Å². The summed E-state index contributed by atoms with van der Waals surface area (Å²) in [6.07, 6.45) is 5.26. The number of H-pyrrole nitrogens is 5. The lowest BCUT2D eigenvalue weighted by atomic mass is 10.0. The molecule has 5 aromatic heterocycles. The van der Waals surface area contributed by atoms with Crippen molar-refractivity contribution < 1.29 is 111 Å². The summed E-state index contributed by atoms with van der Waals surface area (Å²) >= 11 is 1.31. The second-order valence-corrected chi connectivity index (χ2v) is 30.4. The molecule has 43 nitrogen and oxygen atoms in total. The number of carbonyl (C=O) groups is 14. The van der Waals surface area contributed by atoms with E-state index >= 15 is 24.0 Å². The summed E-state index contributed by atoms with van der Waals surface area (Å²) in [4.78, 5) is 230. The minimum Gasteiger partial charge on any atom is -0.508 e. The molecule has 126 heavy (non-hydrogen) atoms. The molecule has 0 radical (unpaired) electrons. The zero-order valence-corrected chi connectivity index (χ0v) is 69.1. The molecule has 47 heteroatoms. The molecule has 13 atom stereocenters. The van der Waals surface area contributed by atoms with Crippen molar-refractivity contribution in [1.29, 1.82) is 0 Å². The minimum atomic E-state index is -5.08. The molecule has 678 valence electrons. The van der Waals surface area contributed by atoms with Gasteiger partial charge in [-0.05, 0) is 97.2 Å². The Morgan fingerprint density at radius 3 is 0.905 bits per heavy atom. The Hall–Kier alpha value is -14.3. The Balaban J connectivity index is 0.00000298. The number of amides is 12. The minimum absolute atomic E-state index is 0.0254. The van der Waals surface area contributed by atoms with Gasteiger partial charge in [-0.25, -0.2) is 34.5 Å². The molecule has 0 aliphatic heterocycles. The van der Waals surface area contributed by atoms with Crippen LogP contribution in [0.25, 0.3) is 0 Å². The number of halogens is 3. The molecule has 0 spiro atoms. The van der Waals surface area contributed by atoms with Crippen LogP contribution in [0.2, 0.25) is 0 Å². The number of phenols is 3. The first kappa shape index (κ1) is 98.9. The van der Waals surface area contributed by atoms with E-state index in [4.69, 9.17) is 21.4 Å². The molecule has 0 saturated heterocycles. The topological polar surface area (TPSA) is 688 Å². The van der Waals surface area contributed by atoms with Crippen molar-refractivity contribution in [3.63, 3.8) is 0 Å². The van der Waals surface area contributed by atoms with Crippen LogP contribution < -0.4 is 70.0 Å². The number of hydrogen-bond donors (Lipinski definition) is 24. The van der Waals surface area contributed by atoms with Crippen LogP contribution in [0.4, 0.5) is 13.2 Å².